The van der Waals surface area contributed by atoms with Crippen molar-refractivity contribution in [3.05, 3.63) is 77.1 Å². The molecule has 4 aromatic rings. The van der Waals surface area contributed by atoms with E-state index in [-0.39, 0.29) is 18.4 Å². The van der Waals surface area contributed by atoms with Gasteiger partial charge in [0.05, 0.1) is 29.7 Å². The fourth-order valence-corrected chi connectivity index (χ4v) is 3.95. The van der Waals surface area contributed by atoms with Gasteiger partial charge in [-0.15, -0.1) is 12.4 Å². The summed E-state index contributed by atoms with van der Waals surface area (Å²) < 4.78 is 7.41. The van der Waals surface area contributed by atoms with Gasteiger partial charge in [0, 0.05) is 12.6 Å². The minimum absolute atomic E-state index is 0. The van der Waals surface area contributed by atoms with Crippen molar-refractivity contribution in [1.29, 1.82) is 0 Å². The molecule has 0 bridgehead atoms. The van der Waals surface area contributed by atoms with Crippen LogP contribution in [-0.2, 0) is 6.42 Å². The van der Waals surface area contributed by atoms with Gasteiger partial charge in [-0.05, 0) is 42.7 Å². The van der Waals surface area contributed by atoms with Gasteiger partial charge < -0.3 is 21.5 Å². The Balaban J connectivity index is 0.00000324. The fraction of sp³-hybridized carbons (Fsp3) is 0.240. The summed E-state index contributed by atoms with van der Waals surface area (Å²) in [6.07, 6.45) is 2.55. The van der Waals surface area contributed by atoms with Gasteiger partial charge in [0.2, 0.25) is 0 Å². The smallest absolute Gasteiger partial charge is 0.252 e. The third-order valence-electron chi connectivity index (χ3n) is 5.71. The van der Waals surface area contributed by atoms with Gasteiger partial charge in [-0.1, -0.05) is 36.8 Å². The van der Waals surface area contributed by atoms with Crippen LogP contribution in [-0.4, -0.2) is 34.1 Å². The molecule has 0 saturated carbocycles. The molecule has 178 valence electrons. The number of pyridine rings is 1. The molecule has 0 saturated heterocycles. The maximum absolute atomic E-state index is 12.1. The molecular formula is C25H29ClN6O2. The highest BCUT2D eigenvalue weighted by Crippen LogP contribution is 2.28. The summed E-state index contributed by atoms with van der Waals surface area (Å²) in [5.74, 6) is 1.19. The number of hydrogen-bond donors (Lipinski definition) is 3. The van der Waals surface area contributed by atoms with Crippen LogP contribution in [0.3, 0.4) is 0 Å². The first-order valence-corrected chi connectivity index (χ1v) is 10.8. The van der Waals surface area contributed by atoms with Crippen LogP contribution in [0.25, 0.3) is 16.9 Å². The predicted molar refractivity (Wildman–Crippen MR) is 137 cm³/mol. The van der Waals surface area contributed by atoms with E-state index in [1.54, 1.807) is 25.6 Å². The minimum atomic E-state index is -0.568. The van der Waals surface area contributed by atoms with Crippen LogP contribution in [0.4, 0.5) is 5.82 Å². The Morgan fingerprint density at radius 1 is 1.21 bits per heavy atom. The van der Waals surface area contributed by atoms with Crippen molar-refractivity contribution >= 4 is 35.2 Å². The fourth-order valence-electron chi connectivity index (χ4n) is 3.95. The number of nitrogens with zero attached hydrogens (tertiary/aromatic N) is 3. The SMILES string of the molecule is CCc1cc2ncn(-c3ccc(C(N)=O)c(NC(CN)c4cccc(C)c4)n3)c2cc1OC.Cl. The van der Waals surface area contributed by atoms with Gasteiger partial charge in [-0.25, -0.2) is 9.97 Å². The molecule has 34 heavy (non-hydrogen) atoms. The van der Waals surface area contributed by atoms with Crippen molar-refractivity contribution in [3.63, 3.8) is 0 Å². The van der Waals surface area contributed by atoms with E-state index < -0.39 is 5.91 Å². The zero-order valence-electron chi connectivity index (χ0n) is 19.4. The monoisotopic (exact) mass is 480 g/mol. The number of nitrogens with one attached hydrogen (secondary N) is 1. The second-order valence-electron chi connectivity index (χ2n) is 7.90. The molecule has 2 aromatic heterocycles. The molecule has 4 rings (SSSR count). The summed E-state index contributed by atoms with van der Waals surface area (Å²) in [5, 5.41) is 3.32. The molecule has 0 spiro atoms. The number of benzene rings is 2. The number of methoxy groups -OCH3 is 1. The predicted octanol–water partition coefficient (Wildman–Crippen LogP) is 3.93. The van der Waals surface area contributed by atoms with E-state index in [9.17, 15) is 4.79 Å². The second kappa shape index (κ2) is 10.5. The molecular weight excluding hydrogens is 452 g/mol. The van der Waals surface area contributed by atoms with E-state index >= 15 is 0 Å². The number of carbonyl (C=O) groups is 1. The third kappa shape index (κ3) is 4.83. The molecule has 8 nitrogen and oxygen atoms in total. The number of fused-ring (bicyclic) bond motifs is 1. The van der Waals surface area contributed by atoms with E-state index in [2.05, 4.69) is 23.3 Å². The topological polar surface area (TPSA) is 121 Å². The first kappa shape index (κ1) is 25.0. The lowest BCUT2D eigenvalue weighted by Crippen LogP contribution is -2.24. The van der Waals surface area contributed by atoms with Crippen molar-refractivity contribution in [2.45, 2.75) is 26.3 Å². The number of aromatic nitrogens is 3. The molecule has 2 aromatic carbocycles. The lowest BCUT2D eigenvalue weighted by molar-refractivity contribution is 0.100. The average molecular weight is 481 g/mol. The summed E-state index contributed by atoms with van der Waals surface area (Å²) >= 11 is 0. The summed E-state index contributed by atoms with van der Waals surface area (Å²) in [5.41, 5.74) is 16.9. The molecule has 5 N–H and O–H groups in total. The second-order valence-corrected chi connectivity index (χ2v) is 7.90. The van der Waals surface area contributed by atoms with Crippen LogP contribution in [0.2, 0.25) is 0 Å². The number of aryl methyl sites for hydroxylation is 2. The molecule has 0 aliphatic rings. The summed E-state index contributed by atoms with van der Waals surface area (Å²) in [4.78, 5) is 21.4. The number of halogens is 1. The third-order valence-corrected chi connectivity index (χ3v) is 5.71. The zero-order valence-corrected chi connectivity index (χ0v) is 20.2. The molecule has 0 fully saturated rings. The van der Waals surface area contributed by atoms with Gasteiger partial charge in [0.25, 0.3) is 5.91 Å². The standard InChI is InChI=1S/C25H28N6O2.ClH/c1-4-16-11-19-21(12-22(16)33-3)31(14-28-19)23-9-8-18(24(27)32)25(30-23)29-20(13-26)17-7-5-6-15(2)10-17;/h5-12,14,20H,4,13,26H2,1-3H3,(H2,27,32)(H,29,30);1H. The molecule has 9 heteroatoms. The Morgan fingerprint density at radius 3 is 2.65 bits per heavy atom. The van der Waals surface area contributed by atoms with Crippen LogP contribution < -0.4 is 21.5 Å². The summed E-state index contributed by atoms with van der Waals surface area (Å²) in [7, 11) is 1.65. The van der Waals surface area contributed by atoms with Crippen molar-refractivity contribution in [2.75, 3.05) is 19.0 Å². The van der Waals surface area contributed by atoms with Crippen LogP contribution in [0.5, 0.6) is 5.75 Å². The summed E-state index contributed by atoms with van der Waals surface area (Å²) in [6, 6.07) is 15.2. The minimum Gasteiger partial charge on any atom is -0.496 e. The lowest BCUT2D eigenvalue weighted by Gasteiger charge is -2.20. The highest BCUT2D eigenvalue weighted by Gasteiger charge is 2.18. The van der Waals surface area contributed by atoms with E-state index in [1.807, 2.05) is 41.8 Å². The number of rotatable bonds is 8. The molecule has 2 heterocycles. The Hall–Kier alpha value is -3.62. The molecule has 0 aliphatic carbocycles. The number of amides is 1. The lowest BCUT2D eigenvalue weighted by atomic mass is 10.0. The number of primary amides is 1. The highest BCUT2D eigenvalue weighted by atomic mass is 35.5. The summed E-state index contributed by atoms with van der Waals surface area (Å²) in [6.45, 7) is 4.41. The van der Waals surface area contributed by atoms with Crippen molar-refractivity contribution in [1.82, 2.24) is 14.5 Å². The van der Waals surface area contributed by atoms with Gasteiger partial charge >= 0.3 is 0 Å². The van der Waals surface area contributed by atoms with Gasteiger partial charge in [-0.2, -0.15) is 0 Å². The maximum atomic E-state index is 12.1. The molecule has 1 amide bonds. The quantitative estimate of drug-likeness (QED) is 0.351. The number of carbonyl (C=O) groups excluding carboxylic acids is 1. The zero-order chi connectivity index (χ0) is 23.5. The number of anilines is 1. The molecule has 1 unspecified atom stereocenters. The largest absolute Gasteiger partial charge is 0.496 e. The van der Waals surface area contributed by atoms with Gasteiger partial charge in [-0.3, -0.25) is 9.36 Å². The molecule has 0 radical (unpaired) electrons. The maximum Gasteiger partial charge on any atom is 0.252 e. The van der Waals surface area contributed by atoms with E-state index in [4.69, 9.17) is 21.2 Å². The van der Waals surface area contributed by atoms with E-state index in [0.717, 1.165) is 39.9 Å². The Labute approximate surface area is 204 Å². The first-order chi connectivity index (χ1) is 15.9. The van der Waals surface area contributed by atoms with Crippen LogP contribution >= 0.6 is 12.4 Å². The van der Waals surface area contributed by atoms with E-state index in [0.29, 0.717) is 23.7 Å². The average Bonchev–Trinajstić information content (AvgIpc) is 3.24. The van der Waals surface area contributed by atoms with Crippen molar-refractivity contribution < 1.29 is 9.53 Å². The Bertz CT molecular complexity index is 1320. The number of hydrogen-bond acceptors (Lipinski definition) is 6. The normalized spacial score (nSPS) is 11.6. The Morgan fingerprint density at radius 2 is 2.00 bits per heavy atom. The van der Waals surface area contributed by atoms with Crippen molar-refractivity contribution in [3.8, 4) is 11.6 Å². The highest BCUT2D eigenvalue weighted by molar-refractivity contribution is 5.97. The number of imidazole rings is 1. The first-order valence-electron chi connectivity index (χ1n) is 10.8. The Kier molecular flexibility index (Phi) is 7.75. The van der Waals surface area contributed by atoms with Crippen LogP contribution in [0, 0.1) is 6.92 Å². The van der Waals surface area contributed by atoms with Crippen LogP contribution in [0.15, 0.2) is 54.9 Å². The molecule has 0 aliphatic heterocycles. The number of nitrogens with two attached hydrogens (primary N) is 2. The number of ether oxygens (including phenoxy) is 1. The van der Waals surface area contributed by atoms with Crippen LogP contribution in [0.1, 0.15) is 40.0 Å². The molecule has 1 atom stereocenters. The van der Waals surface area contributed by atoms with Gasteiger partial charge in [0.15, 0.2) is 0 Å². The van der Waals surface area contributed by atoms with Gasteiger partial charge in [0.1, 0.15) is 23.7 Å². The van der Waals surface area contributed by atoms with Crippen molar-refractivity contribution in [2.24, 2.45) is 11.5 Å². The van der Waals surface area contributed by atoms with E-state index in [1.165, 1.54) is 0 Å².